The summed E-state index contributed by atoms with van der Waals surface area (Å²) in [6.45, 7) is 2.92. The number of carbonyl (C=O) groups is 3. The molecule has 4 atom stereocenters. The van der Waals surface area contributed by atoms with E-state index in [0.717, 1.165) is 13.8 Å². The normalized spacial score (nSPS) is 31.2. The molecule has 0 amide bonds. The van der Waals surface area contributed by atoms with Gasteiger partial charge in [0.2, 0.25) is 5.67 Å². The highest BCUT2D eigenvalue weighted by atomic mass is 19.1. The van der Waals surface area contributed by atoms with Crippen LogP contribution in [0.5, 0.6) is 0 Å². The number of carbonyl (C=O) groups excluding carboxylic acids is 3. The van der Waals surface area contributed by atoms with Gasteiger partial charge in [0.1, 0.15) is 24.9 Å². The van der Waals surface area contributed by atoms with Gasteiger partial charge < -0.3 is 18.9 Å². The fourth-order valence-electron chi connectivity index (χ4n) is 2.54. The van der Waals surface area contributed by atoms with Gasteiger partial charge in [-0.25, -0.2) is 4.39 Å². The standard InChI is InChI=1S/C14H21FO7/c1-8(16)20-7-14(15)12(19-4)5-11(21-9(2)17)6-13(14)22-10(3)18/h11-13H,5-7H2,1-4H3/t11-,12+,13-,14-/m1/s1. The summed E-state index contributed by atoms with van der Waals surface area (Å²) in [6.07, 6.45) is -2.89. The zero-order valence-corrected chi connectivity index (χ0v) is 13.1. The number of rotatable bonds is 5. The van der Waals surface area contributed by atoms with Gasteiger partial charge in [-0.2, -0.15) is 0 Å². The highest BCUT2D eigenvalue weighted by molar-refractivity contribution is 5.67. The van der Waals surface area contributed by atoms with E-state index in [1.54, 1.807) is 0 Å². The summed E-state index contributed by atoms with van der Waals surface area (Å²) in [5, 5.41) is 0. The van der Waals surface area contributed by atoms with Crippen LogP contribution in [0.25, 0.3) is 0 Å². The molecule has 0 aromatic carbocycles. The molecule has 0 aromatic rings. The number of esters is 3. The number of hydrogen-bond acceptors (Lipinski definition) is 7. The molecule has 0 saturated heterocycles. The van der Waals surface area contributed by atoms with Crippen LogP contribution in [-0.4, -0.2) is 55.6 Å². The largest absolute Gasteiger partial charge is 0.462 e. The number of ether oxygens (including phenoxy) is 4. The van der Waals surface area contributed by atoms with E-state index in [1.165, 1.54) is 14.0 Å². The Balaban J connectivity index is 2.99. The summed E-state index contributed by atoms with van der Waals surface area (Å²) in [7, 11) is 1.29. The summed E-state index contributed by atoms with van der Waals surface area (Å²) in [5.74, 6) is -1.86. The highest BCUT2D eigenvalue weighted by Gasteiger charge is 2.55. The summed E-state index contributed by atoms with van der Waals surface area (Å²) in [6, 6.07) is 0. The first kappa shape index (κ1) is 18.3. The number of methoxy groups -OCH3 is 1. The molecule has 1 aliphatic carbocycles. The molecule has 0 radical (unpaired) electrons. The monoisotopic (exact) mass is 320 g/mol. The second-order valence-corrected chi connectivity index (χ2v) is 5.23. The summed E-state index contributed by atoms with van der Waals surface area (Å²) in [4.78, 5) is 33.3. The van der Waals surface area contributed by atoms with Crippen molar-refractivity contribution in [2.75, 3.05) is 13.7 Å². The van der Waals surface area contributed by atoms with Crippen LogP contribution in [0.15, 0.2) is 0 Å². The van der Waals surface area contributed by atoms with Crippen molar-refractivity contribution in [2.24, 2.45) is 0 Å². The van der Waals surface area contributed by atoms with Gasteiger partial charge >= 0.3 is 17.9 Å². The molecule has 0 unspecified atom stereocenters. The van der Waals surface area contributed by atoms with Crippen LogP contribution in [0.4, 0.5) is 4.39 Å². The molecule has 0 spiro atoms. The third kappa shape index (κ3) is 4.66. The Kier molecular flexibility index (Phi) is 6.28. The Morgan fingerprint density at radius 3 is 2.00 bits per heavy atom. The second kappa shape index (κ2) is 7.53. The Bertz CT molecular complexity index is 439. The van der Waals surface area contributed by atoms with Crippen molar-refractivity contribution in [1.29, 1.82) is 0 Å². The van der Waals surface area contributed by atoms with Gasteiger partial charge in [-0.3, -0.25) is 14.4 Å². The smallest absolute Gasteiger partial charge is 0.303 e. The summed E-state index contributed by atoms with van der Waals surface area (Å²) < 4.78 is 35.3. The van der Waals surface area contributed by atoms with Gasteiger partial charge in [0, 0.05) is 40.7 Å². The van der Waals surface area contributed by atoms with Crippen LogP contribution in [-0.2, 0) is 33.3 Å². The van der Waals surface area contributed by atoms with E-state index in [-0.39, 0.29) is 12.8 Å². The predicted octanol–water partition coefficient (Wildman–Crippen LogP) is 0.930. The van der Waals surface area contributed by atoms with Crippen molar-refractivity contribution in [3.05, 3.63) is 0 Å². The van der Waals surface area contributed by atoms with Gasteiger partial charge in [-0.15, -0.1) is 0 Å². The van der Waals surface area contributed by atoms with E-state index < -0.39 is 48.5 Å². The second-order valence-electron chi connectivity index (χ2n) is 5.23. The van der Waals surface area contributed by atoms with Crippen LogP contribution in [0.2, 0.25) is 0 Å². The minimum Gasteiger partial charge on any atom is -0.462 e. The third-order valence-corrected chi connectivity index (χ3v) is 3.45. The van der Waals surface area contributed by atoms with Crippen LogP contribution in [0.1, 0.15) is 33.6 Å². The predicted molar refractivity (Wildman–Crippen MR) is 71.6 cm³/mol. The molecule has 1 fully saturated rings. The Hall–Kier alpha value is -1.70. The van der Waals surface area contributed by atoms with Crippen molar-refractivity contribution in [3.63, 3.8) is 0 Å². The van der Waals surface area contributed by atoms with E-state index in [1.807, 2.05) is 0 Å². The number of alkyl halides is 1. The fraction of sp³-hybridized carbons (Fsp3) is 0.786. The molecule has 0 heterocycles. The topological polar surface area (TPSA) is 88.1 Å². The van der Waals surface area contributed by atoms with E-state index in [2.05, 4.69) is 0 Å². The Labute approximate surface area is 128 Å². The number of hydrogen-bond donors (Lipinski definition) is 0. The molecule has 0 N–H and O–H groups in total. The molecule has 0 bridgehead atoms. The quantitative estimate of drug-likeness (QED) is 0.550. The van der Waals surface area contributed by atoms with Crippen LogP contribution >= 0.6 is 0 Å². The first-order valence-corrected chi connectivity index (χ1v) is 6.88. The summed E-state index contributed by atoms with van der Waals surface area (Å²) in [5.41, 5.74) is -2.21. The average Bonchev–Trinajstić information content (AvgIpc) is 2.39. The third-order valence-electron chi connectivity index (χ3n) is 3.45. The summed E-state index contributed by atoms with van der Waals surface area (Å²) >= 11 is 0. The van der Waals surface area contributed by atoms with Crippen molar-refractivity contribution >= 4 is 17.9 Å². The van der Waals surface area contributed by atoms with Crippen molar-refractivity contribution in [3.8, 4) is 0 Å². The Morgan fingerprint density at radius 2 is 1.55 bits per heavy atom. The first-order valence-electron chi connectivity index (χ1n) is 6.88. The molecular formula is C14H21FO7. The molecule has 7 nitrogen and oxygen atoms in total. The molecular weight excluding hydrogens is 299 g/mol. The molecule has 22 heavy (non-hydrogen) atoms. The lowest BCUT2D eigenvalue weighted by Gasteiger charge is -2.43. The highest BCUT2D eigenvalue weighted by Crippen LogP contribution is 2.38. The molecule has 1 rings (SSSR count). The van der Waals surface area contributed by atoms with Crippen LogP contribution < -0.4 is 0 Å². The molecule has 1 aliphatic rings. The lowest BCUT2D eigenvalue weighted by Crippen LogP contribution is -2.60. The van der Waals surface area contributed by atoms with E-state index in [4.69, 9.17) is 18.9 Å². The zero-order valence-electron chi connectivity index (χ0n) is 13.1. The average molecular weight is 320 g/mol. The van der Waals surface area contributed by atoms with Crippen LogP contribution in [0, 0.1) is 0 Å². The minimum absolute atomic E-state index is 0.0310. The first-order chi connectivity index (χ1) is 10.2. The molecule has 126 valence electrons. The van der Waals surface area contributed by atoms with E-state index >= 15 is 4.39 Å². The van der Waals surface area contributed by atoms with Crippen molar-refractivity contribution in [1.82, 2.24) is 0 Å². The molecule has 0 aromatic heterocycles. The van der Waals surface area contributed by atoms with Gasteiger partial charge in [0.15, 0.2) is 0 Å². The minimum atomic E-state index is -2.21. The maximum atomic E-state index is 15.3. The molecule has 8 heteroatoms. The zero-order chi connectivity index (χ0) is 16.9. The van der Waals surface area contributed by atoms with E-state index in [9.17, 15) is 14.4 Å². The van der Waals surface area contributed by atoms with Gasteiger partial charge in [0.05, 0.1) is 0 Å². The maximum absolute atomic E-state index is 15.3. The molecule has 1 saturated carbocycles. The van der Waals surface area contributed by atoms with Crippen molar-refractivity contribution in [2.45, 2.75) is 57.6 Å². The lowest BCUT2D eigenvalue weighted by molar-refractivity contribution is -0.206. The van der Waals surface area contributed by atoms with Gasteiger partial charge in [-0.05, 0) is 0 Å². The maximum Gasteiger partial charge on any atom is 0.303 e. The van der Waals surface area contributed by atoms with Gasteiger partial charge in [-0.1, -0.05) is 0 Å². The molecule has 0 aliphatic heterocycles. The van der Waals surface area contributed by atoms with E-state index in [0.29, 0.717) is 0 Å². The van der Waals surface area contributed by atoms with Gasteiger partial charge in [0.25, 0.3) is 0 Å². The van der Waals surface area contributed by atoms with Crippen molar-refractivity contribution < 1.29 is 37.7 Å². The Morgan fingerprint density at radius 1 is 1.00 bits per heavy atom. The SMILES string of the molecule is CO[C@H]1C[C@@H](OC(C)=O)C[C@@H](OC(C)=O)[C@@]1(F)COC(C)=O. The number of halogens is 1. The lowest BCUT2D eigenvalue weighted by atomic mass is 9.79. The fourth-order valence-corrected chi connectivity index (χ4v) is 2.54. The van der Waals surface area contributed by atoms with Crippen LogP contribution in [0.3, 0.4) is 0 Å².